The summed E-state index contributed by atoms with van der Waals surface area (Å²) in [4.78, 5) is 23.6. The monoisotopic (exact) mass is 322 g/mol. The standard InChI is InChI=1S/C19H22N4O/c1-22-18(24)13-16(14-8-10-20-11-9-14)21-19(22)23-12-4-6-15-5-2-3-7-17(15)23/h7-11,13,15H,2-6,12H2,1H3. The van der Waals surface area contributed by atoms with Crippen LogP contribution in [0.15, 0.2) is 47.2 Å². The van der Waals surface area contributed by atoms with Crippen molar-refractivity contribution in [2.24, 2.45) is 13.0 Å². The Morgan fingerprint density at radius 3 is 2.79 bits per heavy atom. The van der Waals surface area contributed by atoms with Gasteiger partial charge in [0.25, 0.3) is 5.56 Å². The van der Waals surface area contributed by atoms with Crippen molar-refractivity contribution in [3.63, 3.8) is 0 Å². The lowest BCUT2D eigenvalue weighted by Crippen LogP contribution is -2.38. The number of pyridine rings is 1. The van der Waals surface area contributed by atoms with Crippen molar-refractivity contribution in [2.75, 3.05) is 11.4 Å². The van der Waals surface area contributed by atoms with E-state index in [0.29, 0.717) is 11.6 Å². The van der Waals surface area contributed by atoms with Crippen molar-refractivity contribution >= 4 is 5.95 Å². The van der Waals surface area contributed by atoms with Gasteiger partial charge in [0.05, 0.1) is 5.69 Å². The van der Waals surface area contributed by atoms with E-state index in [4.69, 9.17) is 4.98 Å². The highest BCUT2D eigenvalue weighted by Crippen LogP contribution is 2.37. The quantitative estimate of drug-likeness (QED) is 0.852. The fraction of sp³-hybridized carbons (Fsp3) is 0.421. The molecular weight excluding hydrogens is 300 g/mol. The van der Waals surface area contributed by atoms with Crippen molar-refractivity contribution in [3.05, 3.63) is 52.7 Å². The molecule has 2 aromatic rings. The second-order valence-electron chi connectivity index (χ2n) is 6.63. The maximum absolute atomic E-state index is 12.5. The average molecular weight is 322 g/mol. The Bertz CT molecular complexity index is 825. The fourth-order valence-electron chi connectivity index (χ4n) is 3.83. The van der Waals surface area contributed by atoms with Crippen LogP contribution in [0.3, 0.4) is 0 Å². The molecule has 0 radical (unpaired) electrons. The van der Waals surface area contributed by atoms with Crippen LogP contribution in [0.4, 0.5) is 5.95 Å². The zero-order valence-electron chi connectivity index (χ0n) is 14.0. The number of allylic oxidation sites excluding steroid dienone is 2. The van der Waals surface area contributed by atoms with Crippen LogP contribution in [-0.4, -0.2) is 21.1 Å². The van der Waals surface area contributed by atoms with E-state index in [1.54, 1.807) is 23.0 Å². The van der Waals surface area contributed by atoms with Crippen molar-refractivity contribution < 1.29 is 0 Å². The van der Waals surface area contributed by atoms with E-state index < -0.39 is 0 Å². The topological polar surface area (TPSA) is 51.0 Å². The first-order valence-electron chi connectivity index (χ1n) is 8.70. The van der Waals surface area contributed by atoms with Gasteiger partial charge in [-0.15, -0.1) is 0 Å². The Morgan fingerprint density at radius 2 is 1.96 bits per heavy atom. The van der Waals surface area contributed by atoms with Crippen LogP contribution in [-0.2, 0) is 7.05 Å². The maximum atomic E-state index is 12.5. The predicted octanol–water partition coefficient (Wildman–Crippen LogP) is 3.13. The first-order chi connectivity index (χ1) is 11.7. The van der Waals surface area contributed by atoms with Crippen LogP contribution in [0.2, 0.25) is 0 Å². The molecular formula is C19H22N4O. The summed E-state index contributed by atoms with van der Waals surface area (Å²) in [5, 5.41) is 0. The van der Waals surface area contributed by atoms with E-state index in [1.165, 1.54) is 25.0 Å². The molecule has 4 rings (SSSR count). The number of anilines is 1. The second-order valence-corrected chi connectivity index (χ2v) is 6.63. The van der Waals surface area contributed by atoms with E-state index in [9.17, 15) is 4.79 Å². The van der Waals surface area contributed by atoms with Crippen LogP contribution in [0.5, 0.6) is 0 Å². The molecule has 124 valence electrons. The summed E-state index contributed by atoms with van der Waals surface area (Å²) in [6, 6.07) is 5.39. The van der Waals surface area contributed by atoms with Crippen LogP contribution >= 0.6 is 0 Å². The Balaban J connectivity index is 1.81. The van der Waals surface area contributed by atoms with E-state index in [1.807, 2.05) is 19.2 Å². The number of nitrogens with zero attached hydrogens (tertiary/aromatic N) is 4. The van der Waals surface area contributed by atoms with E-state index in [2.05, 4.69) is 16.0 Å². The third-order valence-corrected chi connectivity index (χ3v) is 5.10. The predicted molar refractivity (Wildman–Crippen MR) is 94.7 cm³/mol. The molecule has 2 aromatic heterocycles. The fourth-order valence-corrected chi connectivity index (χ4v) is 3.83. The van der Waals surface area contributed by atoms with Gasteiger partial charge in [0, 0.05) is 43.3 Å². The van der Waals surface area contributed by atoms with Crippen LogP contribution in [0.1, 0.15) is 32.1 Å². The second kappa shape index (κ2) is 6.23. The summed E-state index contributed by atoms with van der Waals surface area (Å²) < 4.78 is 1.67. The summed E-state index contributed by atoms with van der Waals surface area (Å²) >= 11 is 0. The molecule has 1 saturated heterocycles. The van der Waals surface area contributed by atoms with Gasteiger partial charge in [0.2, 0.25) is 5.95 Å². The van der Waals surface area contributed by atoms with Gasteiger partial charge < -0.3 is 4.90 Å². The van der Waals surface area contributed by atoms with Gasteiger partial charge in [-0.3, -0.25) is 14.3 Å². The first kappa shape index (κ1) is 15.1. The van der Waals surface area contributed by atoms with Crippen molar-refractivity contribution in [3.8, 4) is 11.3 Å². The van der Waals surface area contributed by atoms with Gasteiger partial charge in [-0.1, -0.05) is 6.08 Å². The van der Waals surface area contributed by atoms with Crippen LogP contribution in [0, 0.1) is 5.92 Å². The van der Waals surface area contributed by atoms with Crippen molar-refractivity contribution in [1.29, 1.82) is 0 Å². The summed E-state index contributed by atoms with van der Waals surface area (Å²) in [6.07, 6.45) is 11.9. The molecule has 1 atom stereocenters. The summed E-state index contributed by atoms with van der Waals surface area (Å²) in [6.45, 7) is 0.933. The zero-order valence-corrected chi connectivity index (χ0v) is 14.0. The zero-order chi connectivity index (χ0) is 16.5. The third-order valence-electron chi connectivity index (χ3n) is 5.10. The SMILES string of the molecule is Cn1c(N2CCCC3CCCC=C32)nc(-c2ccncc2)cc1=O. The minimum absolute atomic E-state index is 0.0228. The molecule has 1 aliphatic heterocycles. The average Bonchev–Trinajstić information content (AvgIpc) is 2.64. The van der Waals surface area contributed by atoms with E-state index >= 15 is 0 Å². The van der Waals surface area contributed by atoms with Crippen molar-refractivity contribution in [1.82, 2.24) is 14.5 Å². The van der Waals surface area contributed by atoms with E-state index in [-0.39, 0.29) is 5.56 Å². The van der Waals surface area contributed by atoms with Crippen LogP contribution < -0.4 is 10.5 Å². The molecule has 1 unspecified atom stereocenters. The number of rotatable bonds is 2. The minimum Gasteiger partial charge on any atom is -0.316 e. The molecule has 1 fully saturated rings. The molecule has 5 nitrogen and oxygen atoms in total. The molecule has 0 amide bonds. The van der Waals surface area contributed by atoms with Gasteiger partial charge in [0.1, 0.15) is 0 Å². The molecule has 0 spiro atoms. The number of hydrogen-bond donors (Lipinski definition) is 0. The molecule has 5 heteroatoms. The third kappa shape index (κ3) is 2.64. The highest BCUT2D eigenvalue weighted by atomic mass is 16.1. The maximum Gasteiger partial charge on any atom is 0.255 e. The molecule has 1 aliphatic carbocycles. The summed E-state index contributed by atoms with van der Waals surface area (Å²) in [5.41, 5.74) is 2.98. The largest absolute Gasteiger partial charge is 0.316 e. The number of fused-ring (bicyclic) bond motifs is 1. The Hall–Kier alpha value is -2.43. The molecule has 0 N–H and O–H groups in total. The van der Waals surface area contributed by atoms with Gasteiger partial charge in [-0.25, -0.2) is 4.98 Å². The van der Waals surface area contributed by atoms with E-state index in [0.717, 1.165) is 30.9 Å². The molecule has 0 bridgehead atoms. The molecule has 2 aliphatic rings. The number of hydrogen-bond acceptors (Lipinski definition) is 4. The highest BCUT2D eigenvalue weighted by Gasteiger charge is 2.29. The van der Waals surface area contributed by atoms with Gasteiger partial charge in [-0.2, -0.15) is 0 Å². The van der Waals surface area contributed by atoms with Crippen LogP contribution in [0.25, 0.3) is 11.3 Å². The number of piperidine rings is 1. The normalized spacial score (nSPS) is 20.5. The van der Waals surface area contributed by atoms with Gasteiger partial charge >= 0.3 is 0 Å². The van der Waals surface area contributed by atoms with Gasteiger partial charge in [-0.05, 0) is 50.2 Å². The summed E-state index contributed by atoms with van der Waals surface area (Å²) in [7, 11) is 1.81. The highest BCUT2D eigenvalue weighted by molar-refractivity contribution is 5.60. The van der Waals surface area contributed by atoms with Crippen molar-refractivity contribution in [2.45, 2.75) is 32.1 Å². The lowest BCUT2D eigenvalue weighted by atomic mass is 9.85. The molecule has 3 heterocycles. The smallest absolute Gasteiger partial charge is 0.255 e. The number of aromatic nitrogens is 3. The Kier molecular flexibility index (Phi) is 3.92. The first-order valence-corrected chi connectivity index (χ1v) is 8.70. The lowest BCUT2D eigenvalue weighted by Gasteiger charge is -2.39. The molecule has 24 heavy (non-hydrogen) atoms. The summed E-state index contributed by atoms with van der Waals surface area (Å²) in [5.74, 6) is 1.38. The van der Waals surface area contributed by atoms with Gasteiger partial charge in [0.15, 0.2) is 0 Å². The molecule has 0 aromatic carbocycles. The Labute approximate surface area is 141 Å². The Morgan fingerprint density at radius 1 is 1.17 bits per heavy atom. The lowest BCUT2D eigenvalue weighted by molar-refractivity contribution is 0.413. The minimum atomic E-state index is -0.0228. The molecule has 0 saturated carbocycles.